The van der Waals surface area contributed by atoms with Gasteiger partial charge in [-0.3, -0.25) is 4.79 Å². The molecule has 0 unspecified atom stereocenters. The number of aromatic nitrogens is 2. The molecule has 1 amide bonds. The zero-order valence-corrected chi connectivity index (χ0v) is 14.2. The quantitative estimate of drug-likeness (QED) is 0.850. The van der Waals surface area contributed by atoms with Gasteiger partial charge in [-0.05, 0) is 32.0 Å². The Bertz CT molecular complexity index is 749. The standard InChI is InChI=1S/C18H20FN3O3/c1-12-8-16(21-13(2)20-12)17-10-22(6-7-24-17)18(23)11-25-15-5-3-4-14(19)9-15/h3-5,8-9,17H,6-7,10-11H2,1-2H3/t17-/m1/s1. The minimum Gasteiger partial charge on any atom is -0.484 e. The van der Waals surface area contributed by atoms with Gasteiger partial charge in [0.2, 0.25) is 0 Å². The minimum absolute atomic E-state index is 0.141. The molecule has 1 aliphatic heterocycles. The fraction of sp³-hybridized carbons (Fsp3) is 0.389. The van der Waals surface area contributed by atoms with E-state index < -0.39 is 5.82 Å². The molecular weight excluding hydrogens is 325 g/mol. The molecule has 1 atom stereocenters. The van der Waals surface area contributed by atoms with E-state index in [9.17, 15) is 9.18 Å². The molecule has 6 nitrogen and oxygen atoms in total. The van der Waals surface area contributed by atoms with Crippen LogP contribution in [-0.4, -0.2) is 47.1 Å². The van der Waals surface area contributed by atoms with Crippen LogP contribution in [0.25, 0.3) is 0 Å². The van der Waals surface area contributed by atoms with Gasteiger partial charge in [-0.1, -0.05) is 6.07 Å². The SMILES string of the molecule is Cc1cc([C@H]2CN(C(=O)COc3cccc(F)c3)CCO2)nc(C)n1. The monoisotopic (exact) mass is 345 g/mol. The summed E-state index contributed by atoms with van der Waals surface area (Å²) in [5, 5.41) is 0. The van der Waals surface area contributed by atoms with Gasteiger partial charge in [0, 0.05) is 18.3 Å². The molecule has 3 rings (SSSR count). The highest BCUT2D eigenvalue weighted by molar-refractivity contribution is 5.77. The molecule has 25 heavy (non-hydrogen) atoms. The second-order valence-electron chi connectivity index (χ2n) is 5.93. The second kappa shape index (κ2) is 7.57. The van der Waals surface area contributed by atoms with Crippen molar-refractivity contribution in [2.45, 2.75) is 20.0 Å². The lowest BCUT2D eigenvalue weighted by Crippen LogP contribution is -2.44. The first-order valence-corrected chi connectivity index (χ1v) is 8.11. The lowest BCUT2D eigenvalue weighted by molar-refractivity contribution is -0.141. The molecule has 1 saturated heterocycles. The normalized spacial score (nSPS) is 17.4. The lowest BCUT2D eigenvalue weighted by Gasteiger charge is -2.32. The van der Waals surface area contributed by atoms with Gasteiger partial charge in [0.25, 0.3) is 5.91 Å². The smallest absolute Gasteiger partial charge is 0.260 e. The Morgan fingerprint density at radius 2 is 2.20 bits per heavy atom. The molecule has 1 aliphatic rings. The number of nitrogens with zero attached hydrogens (tertiary/aromatic N) is 3. The Morgan fingerprint density at radius 3 is 2.96 bits per heavy atom. The van der Waals surface area contributed by atoms with Crippen molar-refractivity contribution < 1.29 is 18.7 Å². The van der Waals surface area contributed by atoms with Gasteiger partial charge in [0.15, 0.2) is 6.61 Å². The van der Waals surface area contributed by atoms with Crippen LogP contribution in [0.5, 0.6) is 5.75 Å². The van der Waals surface area contributed by atoms with E-state index in [1.807, 2.05) is 19.9 Å². The average molecular weight is 345 g/mol. The van der Waals surface area contributed by atoms with E-state index in [-0.39, 0.29) is 18.6 Å². The number of carbonyl (C=O) groups excluding carboxylic acids is 1. The van der Waals surface area contributed by atoms with Crippen LogP contribution in [0.1, 0.15) is 23.3 Å². The van der Waals surface area contributed by atoms with Crippen LogP contribution in [0.3, 0.4) is 0 Å². The van der Waals surface area contributed by atoms with Crippen molar-refractivity contribution >= 4 is 5.91 Å². The summed E-state index contributed by atoms with van der Waals surface area (Å²) in [6.07, 6.45) is -0.285. The molecule has 7 heteroatoms. The first kappa shape index (κ1) is 17.3. The highest BCUT2D eigenvalue weighted by atomic mass is 19.1. The summed E-state index contributed by atoms with van der Waals surface area (Å²) in [5.41, 5.74) is 1.64. The number of morpholine rings is 1. The minimum atomic E-state index is -0.397. The number of ether oxygens (including phenoxy) is 2. The Morgan fingerprint density at radius 1 is 1.36 bits per heavy atom. The molecule has 0 aliphatic carbocycles. The predicted molar refractivity (Wildman–Crippen MR) is 88.7 cm³/mol. The van der Waals surface area contributed by atoms with Crippen LogP contribution in [-0.2, 0) is 9.53 Å². The van der Waals surface area contributed by atoms with Crippen molar-refractivity contribution in [3.05, 3.63) is 53.4 Å². The molecule has 0 saturated carbocycles. The maximum atomic E-state index is 13.1. The Hall–Kier alpha value is -2.54. The van der Waals surface area contributed by atoms with Crippen molar-refractivity contribution in [3.8, 4) is 5.75 Å². The molecular formula is C18H20FN3O3. The zero-order chi connectivity index (χ0) is 17.8. The summed E-state index contributed by atoms with van der Waals surface area (Å²) in [5.74, 6) is 0.447. The van der Waals surface area contributed by atoms with Gasteiger partial charge in [-0.2, -0.15) is 0 Å². The number of aryl methyl sites for hydroxylation is 2. The van der Waals surface area contributed by atoms with E-state index in [4.69, 9.17) is 9.47 Å². The molecule has 0 N–H and O–H groups in total. The van der Waals surface area contributed by atoms with E-state index in [1.54, 1.807) is 17.0 Å². The number of hydrogen-bond acceptors (Lipinski definition) is 5. The van der Waals surface area contributed by atoms with Gasteiger partial charge in [0.05, 0.1) is 18.8 Å². The summed E-state index contributed by atoms with van der Waals surface area (Å²) in [7, 11) is 0. The van der Waals surface area contributed by atoms with Crippen LogP contribution in [0.4, 0.5) is 4.39 Å². The Kier molecular flexibility index (Phi) is 5.23. The summed E-state index contributed by atoms with van der Waals surface area (Å²) >= 11 is 0. The third-order valence-corrected chi connectivity index (χ3v) is 3.89. The highest BCUT2D eigenvalue weighted by Crippen LogP contribution is 2.21. The Labute approximate surface area is 145 Å². The van der Waals surface area contributed by atoms with E-state index in [0.717, 1.165) is 11.4 Å². The van der Waals surface area contributed by atoms with E-state index in [0.29, 0.717) is 31.3 Å². The van der Waals surface area contributed by atoms with Gasteiger partial charge < -0.3 is 14.4 Å². The van der Waals surface area contributed by atoms with Crippen molar-refractivity contribution in [2.24, 2.45) is 0 Å². The van der Waals surface area contributed by atoms with Gasteiger partial charge in [-0.15, -0.1) is 0 Å². The maximum absolute atomic E-state index is 13.1. The van der Waals surface area contributed by atoms with E-state index in [2.05, 4.69) is 9.97 Å². The van der Waals surface area contributed by atoms with Crippen molar-refractivity contribution in [1.29, 1.82) is 0 Å². The number of benzene rings is 1. The van der Waals surface area contributed by atoms with Crippen LogP contribution in [0, 0.1) is 19.7 Å². The molecule has 1 aromatic carbocycles. The molecule has 0 spiro atoms. The van der Waals surface area contributed by atoms with Crippen LogP contribution in [0.2, 0.25) is 0 Å². The third kappa shape index (κ3) is 4.51. The van der Waals surface area contributed by atoms with Crippen LogP contribution >= 0.6 is 0 Å². The topological polar surface area (TPSA) is 64.6 Å². The van der Waals surface area contributed by atoms with Crippen LogP contribution in [0.15, 0.2) is 30.3 Å². The molecule has 1 aromatic heterocycles. The first-order chi connectivity index (χ1) is 12.0. The van der Waals surface area contributed by atoms with Crippen molar-refractivity contribution in [3.63, 3.8) is 0 Å². The zero-order valence-electron chi connectivity index (χ0n) is 14.2. The largest absolute Gasteiger partial charge is 0.484 e. The number of halogens is 1. The lowest BCUT2D eigenvalue weighted by atomic mass is 10.1. The summed E-state index contributed by atoms with van der Waals surface area (Å²) in [6, 6.07) is 7.61. The van der Waals surface area contributed by atoms with Crippen LogP contribution < -0.4 is 4.74 Å². The molecule has 0 radical (unpaired) electrons. The summed E-state index contributed by atoms with van der Waals surface area (Å²) in [4.78, 5) is 22.7. The van der Waals surface area contributed by atoms with E-state index in [1.165, 1.54) is 12.1 Å². The van der Waals surface area contributed by atoms with Gasteiger partial charge in [-0.25, -0.2) is 14.4 Å². The number of amides is 1. The second-order valence-corrected chi connectivity index (χ2v) is 5.93. The summed E-state index contributed by atoms with van der Waals surface area (Å²) in [6.45, 7) is 4.91. The maximum Gasteiger partial charge on any atom is 0.260 e. The van der Waals surface area contributed by atoms with Crippen molar-refractivity contribution in [2.75, 3.05) is 26.3 Å². The third-order valence-electron chi connectivity index (χ3n) is 3.89. The highest BCUT2D eigenvalue weighted by Gasteiger charge is 2.27. The fourth-order valence-electron chi connectivity index (χ4n) is 2.76. The Balaban J connectivity index is 1.61. The average Bonchev–Trinajstić information content (AvgIpc) is 2.59. The number of rotatable bonds is 4. The molecule has 1 fully saturated rings. The molecule has 132 valence electrons. The van der Waals surface area contributed by atoms with Crippen molar-refractivity contribution in [1.82, 2.24) is 14.9 Å². The van der Waals surface area contributed by atoms with Gasteiger partial charge >= 0.3 is 0 Å². The fourth-order valence-corrected chi connectivity index (χ4v) is 2.76. The van der Waals surface area contributed by atoms with E-state index >= 15 is 0 Å². The molecule has 2 heterocycles. The molecule has 2 aromatic rings. The van der Waals surface area contributed by atoms with Gasteiger partial charge in [0.1, 0.15) is 23.5 Å². The predicted octanol–water partition coefficient (Wildman–Crippen LogP) is 2.21. The summed E-state index contributed by atoms with van der Waals surface area (Å²) < 4.78 is 24.3. The first-order valence-electron chi connectivity index (χ1n) is 8.11. The molecule has 0 bridgehead atoms. The number of hydrogen-bond donors (Lipinski definition) is 0. The number of carbonyl (C=O) groups is 1.